The van der Waals surface area contributed by atoms with Gasteiger partial charge >= 0.3 is 0 Å². The summed E-state index contributed by atoms with van der Waals surface area (Å²) in [6, 6.07) is 12.1. The number of halogens is 2. The van der Waals surface area contributed by atoms with Gasteiger partial charge in [0.2, 0.25) is 10.0 Å². The molecule has 10 heteroatoms. The summed E-state index contributed by atoms with van der Waals surface area (Å²) in [5.74, 6) is 1.78. The Morgan fingerprint density at radius 3 is 2.43 bits per heavy atom. The van der Waals surface area contributed by atoms with Crippen LogP contribution in [0.15, 0.2) is 42.5 Å². The average Bonchev–Trinajstić information content (AvgIpc) is 2.69. The molecule has 0 aliphatic carbocycles. The molecule has 2 aromatic rings. The standard InChI is InChI=1S/C20H24Cl2N2O4S2/c1-14(28-17-7-5-16(6-8-17)24(2)30(3,26)27)20(25)23-10-11-29-13-15-4-9-18(21)19(22)12-15/h4-9,12,14H,10-11,13H2,1-3H3,(H,23,25)/t14-/m1/s1. The lowest BCUT2D eigenvalue weighted by Gasteiger charge is -2.18. The monoisotopic (exact) mass is 490 g/mol. The summed E-state index contributed by atoms with van der Waals surface area (Å²) in [7, 11) is -1.86. The molecule has 0 fully saturated rings. The molecule has 0 aliphatic rings. The predicted molar refractivity (Wildman–Crippen MR) is 125 cm³/mol. The molecule has 0 saturated heterocycles. The largest absolute Gasteiger partial charge is 0.481 e. The molecule has 30 heavy (non-hydrogen) atoms. The molecule has 2 rings (SSSR count). The summed E-state index contributed by atoms with van der Waals surface area (Å²) in [6.07, 6.45) is 0.454. The summed E-state index contributed by atoms with van der Waals surface area (Å²) in [5.41, 5.74) is 1.59. The Morgan fingerprint density at radius 2 is 1.83 bits per heavy atom. The lowest BCUT2D eigenvalue weighted by molar-refractivity contribution is -0.127. The molecule has 0 unspecified atom stereocenters. The van der Waals surface area contributed by atoms with Crippen molar-refractivity contribution in [3.8, 4) is 5.75 Å². The maximum Gasteiger partial charge on any atom is 0.260 e. The fraction of sp³-hybridized carbons (Fsp3) is 0.350. The van der Waals surface area contributed by atoms with Crippen LogP contribution in [0.2, 0.25) is 10.0 Å². The molecule has 0 heterocycles. The van der Waals surface area contributed by atoms with Gasteiger partial charge in [0.1, 0.15) is 5.75 Å². The minimum absolute atomic E-state index is 0.220. The highest BCUT2D eigenvalue weighted by atomic mass is 35.5. The van der Waals surface area contributed by atoms with Gasteiger partial charge in [0.25, 0.3) is 5.91 Å². The molecule has 6 nitrogen and oxygen atoms in total. The summed E-state index contributed by atoms with van der Waals surface area (Å²) in [6.45, 7) is 2.17. The molecule has 1 amide bonds. The fourth-order valence-electron chi connectivity index (χ4n) is 2.39. The van der Waals surface area contributed by atoms with Gasteiger partial charge in [-0.1, -0.05) is 29.3 Å². The van der Waals surface area contributed by atoms with Crippen molar-refractivity contribution < 1.29 is 17.9 Å². The number of nitrogens with one attached hydrogen (secondary N) is 1. The second-order valence-electron chi connectivity index (χ2n) is 6.58. The summed E-state index contributed by atoms with van der Waals surface area (Å²) in [4.78, 5) is 12.2. The van der Waals surface area contributed by atoms with Crippen LogP contribution in [0.3, 0.4) is 0 Å². The summed E-state index contributed by atoms with van der Waals surface area (Å²) in [5, 5.41) is 3.90. The first-order chi connectivity index (χ1) is 14.1. The highest BCUT2D eigenvalue weighted by Crippen LogP contribution is 2.24. The summed E-state index contributed by atoms with van der Waals surface area (Å²) >= 11 is 13.6. The topological polar surface area (TPSA) is 75.7 Å². The van der Waals surface area contributed by atoms with Gasteiger partial charge in [0, 0.05) is 25.1 Å². The Balaban J connectivity index is 1.73. The number of nitrogens with zero attached hydrogens (tertiary/aromatic N) is 1. The number of sulfonamides is 1. The maximum atomic E-state index is 12.2. The molecule has 2 aromatic carbocycles. The van der Waals surface area contributed by atoms with E-state index in [-0.39, 0.29) is 5.91 Å². The Morgan fingerprint density at radius 1 is 1.17 bits per heavy atom. The number of anilines is 1. The van der Waals surface area contributed by atoms with Crippen LogP contribution in [0.25, 0.3) is 0 Å². The SMILES string of the molecule is C[C@@H](Oc1ccc(N(C)S(C)(=O)=O)cc1)C(=O)NCCSCc1ccc(Cl)c(Cl)c1. The van der Waals surface area contributed by atoms with Crippen LogP contribution < -0.4 is 14.4 Å². The molecular formula is C20H24Cl2N2O4S2. The number of carbonyl (C=O) groups is 1. The van der Waals surface area contributed by atoms with Crippen molar-refractivity contribution in [1.29, 1.82) is 0 Å². The maximum absolute atomic E-state index is 12.2. The molecule has 0 saturated carbocycles. The van der Waals surface area contributed by atoms with Crippen molar-refractivity contribution in [2.24, 2.45) is 0 Å². The third kappa shape index (κ3) is 7.58. The van der Waals surface area contributed by atoms with Crippen LogP contribution in [0.5, 0.6) is 5.75 Å². The number of carbonyl (C=O) groups excluding carboxylic acids is 1. The average molecular weight is 491 g/mol. The number of hydrogen-bond acceptors (Lipinski definition) is 5. The number of benzene rings is 2. The van der Waals surface area contributed by atoms with Gasteiger partial charge in [0.15, 0.2) is 6.10 Å². The molecule has 1 atom stereocenters. The lowest BCUT2D eigenvalue weighted by Crippen LogP contribution is -2.37. The van der Waals surface area contributed by atoms with Crippen molar-refractivity contribution >= 4 is 56.6 Å². The third-order valence-corrected chi connectivity index (χ3v) is 7.15. The molecule has 0 aromatic heterocycles. The van der Waals surface area contributed by atoms with Crippen molar-refractivity contribution in [3.63, 3.8) is 0 Å². The Kier molecular flexibility index (Phi) is 9.15. The quantitative estimate of drug-likeness (QED) is 0.504. The van der Waals surface area contributed by atoms with Gasteiger partial charge < -0.3 is 10.1 Å². The van der Waals surface area contributed by atoms with Gasteiger partial charge in [-0.25, -0.2) is 8.42 Å². The molecule has 0 spiro atoms. The van der Waals surface area contributed by atoms with E-state index < -0.39 is 16.1 Å². The van der Waals surface area contributed by atoms with E-state index in [1.165, 1.54) is 11.4 Å². The predicted octanol–water partition coefficient (Wildman–Crippen LogP) is 4.21. The fourth-order valence-corrected chi connectivity index (χ4v) is 4.02. The van der Waals surface area contributed by atoms with E-state index in [9.17, 15) is 13.2 Å². The molecule has 0 bridgehead atoms. The number of amides is 1. The molecule has 1 N–H and O–H groups in total. The van der Waals surface area contributed by atoms with Gasteiger partial charge in [-0.05, 0) is 48.9 Å². The first-order valence-electron chi connectivity index (χ1n) is 9.08. The van der Waals surface area contributed by atoms with Crippen LogP contribution in [-0.4, -0.2) is 46.0 Å². The van der Waals surface area contributed by atoms with Gasteiger partial charge in [-0.15, -0.1) is 0 Å². The zero-order valence-electron chi connectivity index (χ0n) is 16.9. The third-order valence-electron chi connectivity index (χ3n) is 4.18. The van der Waals surface area contributed by atoms with Crippen LogP contribution in [0.1, 0.15) is 12.5 Å². The second-order valence-corrected chi connectivity index (χ2v) is 10.5. The minimum Gasteiger partial charge on any atom is -0.481 e. The van der Waals surface area contributed by atoms with E-state index in [0.29, 0.717) is 28.0 Å². The van der Waals surface area contributed by atoms with Crippen LogP contribution >= 0.6 is 35.0 Å². The van der Waals surface area contributed by atoms with Crippen LogP contribution in [0.4, 0.5) is 5.69 Å². The second kappa shape index (κ2) is 11.1. The zero-order chi connectivity index (χ0) is 22.3. The van der Waals surface area contributed by atoms with Crippen LogP contribution in [-0.2, 0) is 20.6 Å². The van der Waals surface area contributed by atoms with Gasteiger partial charge in [-0.3, -0.25) is 9.10 Å². The summed E-state index contributed by atoms with van der Waals surface area (Å²) < 4.78 is 29.9. The molecule has 164 valence electrons. The van der Waals surface area contributed by atoms with Crippen molar-refractivity contribution in [1.82, 2.24) is 5.32 Å². The van der Waals surface area contributed by atoms with Gasteiger partial charge in [0.05, 0.1) is 22.0 Å². The molecular weight excluding hydrogens is 467 g/mol. The number of ether oxygens (including phenoxy) is 1. The van der Waals surface area contributed by atoms with E-state index in [1.54, 1.807) is 49.0 Å². The van der Waals surface area contributed by atoms with Crippen molar-refractivity contribution in [3.05, 3.63) is 58.1 Å². The van der Waals surface area contributed by atoms with Crippen molar-refractivity contribution in [2.75, 3.05) is 29.9 Å². The molecule has 0 radical (unpaired) electrons. The van der Waals surface area contributed by atoms with E-state index >= 15 is 0 Å². The van der Waals surface area contributed by atoms with E-state index in [1.807, 2.05) is 12.1 Å². The van der Waals surface area contributed by atoms with Crippen LogP contribution in [0, 0.1) is 0 Å². The Labute approximate surface area is 191 Å². The highest BCUT2D eigenvalue weighted by Gasteiger charge is 2.15. The van der Waals surface area contributed by atoms with Crippen molar-refractivity contribution in [2.45, 2.75) is 18.8 Å². The normalized spacial score (nSPS) is 12.3. The van der Waals surface area contributed by atoms with Gasteiger partial charge in [-0.2, -0.15) is 11.8 Å². The minimum atomic E-state index is -3.33. The number of rotatable bonds is 10. The number of hydrogen-bond donors (Lipinski definition) is 1. The zero-order valence-corrected chi connectivity index (χ0v) is 20.0. The first-order valence-corrected chi connectivity index (χ1v) is 12.8. The molecule has 0 aliphatic heterocycles. The Bertz CT molecular complexity index is 969. The first kappa shape index (κ1) is 24.7. The number of thioether (sulfide) groups is 1. The van der Waals surface area contributed by atoms with E-state index in [2.05, 4.69) is 5.32 Å². The Hall–Kier alpha value is -1.61. The highest BCUT2D eigenvalue weighted by molar-refractivity contribution is 7.98. The lowest BCUT2D eigenvalue weighted by atomic mass is 10.2. The smallest absolute Gasteiger partial charge is 0.260 e. The van der Waals surface area contributed by atoms with E-state index in [0.717, 1.165) is 23.3 Å². The van der Waals surface area contributed by atoms with E-state index in [4.69, 9.17) is 27.9 Å².